The molecule has 1 aliphatic heterocycles. The Balaban J connectivity index is 1.47. The molecule has 132 valence electrons. The molecule has 0 unspecified atom stereocenters. The summed E-state index contributed by atoms with van der Waals surface area (Å²) in [6.07, 6.45) is 6.39. The van der Waals surface area contributed by atoms with E-state index >= 15 is 0 Å². The Hall–Kier alpha value is -2.95. The standard InChI is InChI=1S/C21H22N4O/c1-16(26)24-10-12-25(13-11-24)19-4-2-17(3-5-19)14-18-6-9-23-21-7-8-22-15-20(18)21/h2-9,15H,10-14H2,1H3. The summed E-state index contributed by atoms with van der Waals surface area (Å²) in [5.74, 6) is 0.166. The molecule has 4 rings (SSSR count). The number of pyridine rings is 2. The second-order valence-electron chi connectivity index (χ2n) is 6.70. The van der Waals surface area contributed by atoms with Crippen molar-refractivity contribution in [1.82, 2.24) is 14.9 Å². The minimum Gasteiger partial charge on any atom is -0.368 e. The van der Waals surface area contributed by atoms with Crippen LogP contribution in [-0.2, 0) is 11.2 Å². The van der Waals surface area contributed by atoms with Crippen molar-refractivity contribution in [1.29, 1.82) is 0 Å². The lowest BCUT2D eigenvalue weighted by Gasteiger charge is -2.35. The number of hydrogen-bond acceptors (Lipinski definition) is 4. The number of hydrogen-bond donors (Lipinski definition) is 0. The van der Waals surface area contributed by atoms with Gasteiger partial charge >= 0.3 is 0 Å². The summed E-state index contributed by atoms with van der Waals surface area (Å²) >= 11 is 0. The maximum absolute atomic E-state index is 11.5. The molecule has 0 radical (unpaired) electrons. The lowest BCUT2D eigenvalue weighted by Crippen LogP contribution is -2.48. The van der Waals surface area contributed by atoms with Crippen LogP contribution in [-0.4, -0.2) is 47.0 Å². The van der Waals surface area contributed by atoms with Gasteiger partial charge in [0.2, 0.25) is 5.91 Å². The maximum atomic E-state index is 11.5. The van der Waals surface area contributed by atoms with Gasteiger partial charge in [-0.2, -0.15) is 0 Å². The molecular formula is C21H22N4O. The summed E-state index contributed by atoms with van der Waals surface area (Å²) in [6, 6.07) is 12.8. The van der Waals surface area contributed by atoms with E-state index in [1.54, 1.807) is 13.1 Å². The zero-order valence-electron chi connectivity index (χ0n) is 14.9. The fraction of sp³-hybridized carbons (Fsp3) is 0.286. The van der Waals surface area contributed by atoms with Crippen molar-refractivity contribution in [2.45, 2.75) is 13.3 Å². The average Bonchev–Trinajstić information content (AvgIpc) is 2.69. The molecular weight excluding hydrogens is 324 g/mol. The van der Waals surface area contributed by atoms with Crippen molar-refractivity contribution in [2.24, 2.45) is 0 Å². The first-order valence-corrected chi connectivity index (χ1v) is 8.98. The third kappa shape index (κ3) is 3.38. The molecule has 26 heavy (non-hydrogen) atoms. The first-order valence-electron chi connectivity index (χ1n) is 8.98. The number of amides is 1. The van der Waals surface area contributed by atoms with Crippen LogP contribution in [0.25, 0.3) is 10.9 Å². The molecule has 5 heteroatoms. The molecule has 0 saturated carbocycles. The van der Waals surface area contributed by atoms with Crippen LogP contribution in [0.1, 0.15) is 18.1 Å². The molecule has 0 aliphatic carbocycles. The summed E-state index contributed by atoms with van der Waals surface area (Å²) in [7, 11) is 0. The lowest BCUT2D eigenvalue weighted by atomic mass is 10.0. The average molecular weight is 346 g/mol. The second kappa shape index (κ2) is 7.12. The number of fused-ring (bicyclic) bond motifs is 1. The number of benzene rings is 1. The summed E-state index contributed by atoms with van der Waals surface area (Å²) in [5.41, 5.74) is 4.72. The van der Waals surface area contributed by atoms with Gasteiger partial charge in [-0.15, -0.1) is 0 Å². The SMILES string of the molecule is CC(=O)N1CCN(c2ccc(Cc3ccnc4ccncc34)cc2)CC1. The van der Waals surface area contributed by atoms with E-state index in [1.807, 2.05) is 23.4 Å². The van der Waals surface area contributed by atoms with E-state index in [0.29, 0.717) is 0 Å². The first kappa shape index (κ1) is 16.5. The summed E-state index contributed by atoms with van der Waals surface area (Å²) in [4.78, 5) is 24.3. The number of carbonyl (C=O) groups excluding carboxylic acids is 1. The van der Waals surface area contributed by atoms with Crippen LogP contribution in [0.5, 0.6) is 0 Å². The molecule has 1 amide bonds. The number of carbonyl (C=O) groups is 1. The maximum Gasteiger partial charge on any atom is 0.219 e. The van der Waals surface area contributed by atoms with E-state index in [1.165, 1.54) is 16.8 Å². The van der Waals surface area contributed by atoms with E-state index in [9.17, 15) is 4.79 Å². The monoisotopic (exact) mass is 346 g/mol. The zero-order valence-corrected chi connectivity index (χ0v) is 14.9. The van der Waals surface area contributed by atoms with Gasteiger partial charge in [-0.05, 0) is 41.8 Å². The highest BCUT2D eigenvalue weighted by Crippen LogP contribution is 2.22. The van der Waals surface area contributed by atoms with Crippen LogP contribution in [0, 0.1) is 0 Å². The highest BCUT2D eigenvalue weighted by molar-refractivity contribution is 5.81. The predicted molar refractivity (Wildman–Crippen MR) is 103 cm³/mol. The highest BCUT2D eigenvalue weighted by Gasteiger charge is 2.18. The fourth-order valence-electron chi connectivity index (χ4n) is 3.52. The van der Waals surface area contributed by atoms with Gasteiger partial charge in [0.25, 0.3) is 0 Å². The van der Waals surface area contributed by atoms with Crippen molar-refractivity contribution in [3.05, 3.63) is 66.1 Å². The predicted octanol–water partition coefficient (Wildman–Crippen LogP) is 2.89. The Morgan fingerprint density at radius 2 is 1.77 bits per heavy atom. The molecule has 1 aromatic carbocycles. The van der Waals surface area contributed by atoms with Gasteiger partial charge in [-0.3, -0.25) is 14.8 Å². The summed E-state index contributed by atoms with van der Waals surface area (Å²) < 4.78 is 0. The van der Waals surface area contributed by atoms with E-state index in [-0.39, 0.29) is 5.91 Å². The molecule has 1 aliphatic rings. The quantitative estimate of drug-likeness (QED) is 0.732. The van der Waals surface area contributed by atoms with E-state index in [0.717, 1.165) is 43.5 Å². The van der Waals surface area contributed by atoms with Crippen LogP contribution in [0.4, 0.5) is 5.69 Å². The Kier molecular flexibility index (Phi) is 4.52. The van der Waals surface area contributed by atoms with Gasteiger partial charge in [0, 0.05) is 62.8 Å². The number of anilines is 1. The molecule has 0 spiro atoms. The highest BCUT2D eigenvalue weighted by atomic mass is 16.2. The molecule has 3 aromatic rings. The minimum absolute atomic E-state index is 0.166. The van der Waals surface area contributed by atoms with Gasteiger partial charge < -0.3 is 9.80 Å². The topological polar surface area (TPSA) is 49.3 Å². The van der Waals surface area contributed by atoms with Crippen molar-refractivity contribution in [2.75, 3.05) is 31.1 Å². The van der Waals surface area contributed by atoms with Crippen molar-refractivity contribution < 1.29 is 4.79 Å². The fourth-order valence-corrected chi connectivity index (χ4v) is 3.52. The third-order valence-electron chi connectivity index (χ3n) is 5.05. The van der Waals surface area contributed by atoms with Gasteiger partial charge in [0.05, 0.1) is 5.52 Å². The van der Waals surface area contributed by atoms with Crippen molar-refractivity contribution >= 4 is 22.5 Å². The Morgan fingerprint density at radius 1 is 1.00 bits per heavy atom. The molecule has 1 saturated heterocycles. The van der Waals surface area contributed by atoms with Gasteiger partial charge in [0.1, 0.15) is 0 Å². The van der Waals surface area contributed by atoms with Gasteiger partial charge in [-0.25, -0.2) is 0 Å². The van der Waals surface area contributed by atoms with E-state index in [4.69, 9.17) is 0 Å². The number of piperazine rings is 1. The molecule has 0 atom stereocenters. The normalized spacial score (nSPS) is 14.7. The number of rotatable bonds is 3. The van der Waals surface area contributed by atoms with Crippen LogP contribution >= 0.6 is 0 Å². The van der Waals surface area contributed by atoms with Crippen molar-refractivity contribution in [3.63, 3.8) is 0 Å². The Bertz CT molecular complexity index is 909. The third-order valence-corrected chi connectivity index (χ3v) is 5.05. The largest absolute Gasteiger partial charge is 0.368 e. The molecule has 5 nitrogen and oxygen atoms in total. The number of nitrogens with zero attached hydrogens (tertiary/aromatic N) is 4. The van der Waals surface area contributed by atoms with E-state index < -0.39 is 0 Å². The smallest absolute Gasteiger partial charge is 0.219 e. The zero-order chi connectivity index (χ0) is 17.9. The number of aromatic nitrogens is 2. The van der Waals surface area contributed by atoms with Gasteiger partial charge in [-0.1, -0.05) is 12.1 Å². The van der Waals surface area contributed by atoms with Crippen molar-refractivity contribution in [3.8, 4) is 0 Å². The minimum atomic E-state index is 0.166. The molecule has 2 aromatic heterocycles. The molecule has 0 N–H and O–H groups in total. The van der Waals surface area contributed by atoms with Crippen LogP contribution in [0.15, 0.2) is 55.0 Å². The van der Waals surface area contributed by atoms with Crippen LogP contribution in [0.2, 0.25) is 0 Å². The summed E-state index contributed by atoms with van der Waals surface area (Å²) in [5, 5.41) is 1.11. The first-order chi connectivity index (χ1) is 12.7. The Morgan fingerprint density at radius 3 is 2.50 bits per heavy atom. The molecule has 0 bridgehead atoms. The van der Waals surface area contributed by atoms with Gasteiger partial charge in [0.15, 0.2) is 0 Å². The Labute approximate surface area is 153 Å². The second-order valence-corrected chi connectivity index (χ2v) is 6.70. The molecule has 3 heterocycles. The summed E-state index contributed by atoms with van der Waals surface area (Å²) in [6.45, 7) is 5.02. The van der Waals surface area contributed by atoms with Crippen LogP contribution in [0.3, 0.4) is 0 Å². The van der Waals surface area contributed by atoms with Crippen LogP contribution < -0.4 is 4.90 Å². The molecule has 1 fully saturated rings. The lowest BCUT2D eigenvalue weighted by molar-refractivity contribution is -0.129. The van der Waals surface area contributed by atoms with E-state index in [2.05, 4.69) is 45.2 Å².